The van der Waals surface area contributed by atoms with Crippen LogP contribution in [0.5, 0.6) is 0 Å². The van der Waals surface area contributed by atoms with Crippen molar-refractivity contribution < 1.29 is 14.6 Å². The minimum atomic E-state index is -0.412. The van der Waals surface area contributed by atoms with Crippen molar-refractivity contribution in [1.29, 1.82) is 0 Å². The lowest BCUT2D eigenvalue weighted by molar-refractivity contribution is -0.0315. The molecule has 3 heteroatoms. The first-order valence-corrected chi connectivity index (χ1v) is 8.54. The van der Waals surface area contributed by atoms with E-state index in [-0.39, 0.29) is 0 Å². The average Bonchev–Trinajstić information content (AvgIpc) is 2.49. The van der Waals surface area contributed by atoms with E-state index in [0.29, 0.717) is 6.79 Å². The highest BCUT2D eigenvalue weighted by atomic mass is 16.7. The number of hydrogen-bond acceptors (Lipinski definition) is 3. The number of aliphatic hydroxyl groups excluding tert-OH is 1. The molecule has 0 bridgehead atoms. The minimum absolute atomic E-state index is 0.411. The summed E-state index contributed by atoms with van der Waals surface area (Å²) in [7, 11) is 1.65. The van der Waals surface area contributed by atoms with Crippen LogP contribution in [0.25, 0.3) is 0 Å². The maximum absolute atomic E-state index is 9.57. The molecule has 0 rings (SSSR count). The molecule has 0 saturated heterocycles. The third-order valence-corrected chi connectivity index (χ3v) is 3.39. The van der Waals surface area contributed by atoms with Crippen LogP contribution in [0.4, 0.5) is 0 Å². The van der Waals surface area contributed by atoms with Crippen LogP contribution >= 0.6 is 0 Å². The highest BCUT2D eigenvalue weighted by molar-refractivity contribution is 5.04. The van der Waals surface area contributed by atoms with Crippen LogP contribution in [0.1, 0.15) is 77.6 Å². The Morgan fingerprint density at radius 3 is 2.29 bits per heavy atom. The number of rotatable bonds is 14. The molecule has 0 aliphatic rings. The van der Waals surface area contributed by atoms with Gasteiger partial charge >= 0.3 is 0 Å². The van der Waals surface area contributed by atoms with Crippen molar-refractivity contribution >= 4 is 0 Å². The molecule has 0 aromatic carbocycles. The van der Waals surface area contributed by atoms with Crippen molar-refractivity contribution in [3.8, 4) is 11.8 Å². The van der Waals surface area contributed by atoms with Crippen LogP contribution in [0, 0.1) is 11.8 Å². The summed E-state index contributed by atoms with van der Waals surface area (Å²) in [5, 5.41) is 9.57. The summed E-state index contributed by atoms with van der Waals surface area (Å²) in [6.07, 6.45) is 12.2. The molecular weight excluding hydrogens is 264 g/mol. The Balaban J connectivity index is 3.17. The molecular formula is C18H34O3. The molecule has 0 radical (unpaired) electrons. The zero-order valence-corrected chi connectivity index (χ0v) is 14.0. The van der Waals surface area contributed by atoms with Crippen LogP contribution in [-0.2, 0) is 9.47 Å². The Labute approximate surface area is 131 Å². The van der Waals surface area contributed by atoms with Gasteiger partial charge < -0.3 is 14.6 Å². The zero-order valence-electron chi connectivity index (χ0n) is 14.0. The summed E-state index contributed by atoms with van der Waals surface area (Å²) in [6, 6.07) is 0. The van der Waals surface area contributed by atoms with E-state index in [1.54, 1.807) is 7.11 Å². The third kappa shape index (κ3) is 17.4. The predicted octanol–water partition coefficient (Wildman–Crippen LogP) is 4.28. The van der Waals surface area contributed by atoms with Crippen molar-refractivity contribution in [2.75, 3.05) is 20.5 Å². The van der Waals surface area contributed by atoms with Crippen LogP contribution in [-0.4, -0.2) is 31.7 Å². The first-order chi connectivity index (χ1) is 10.3. The van der Waals surface area contributed by atoms with Gasteiger partial charge in [-0.05, 0) is 19.3 Å². The van der Waals surface area contributed by atoms with Crippen molar-refractivity contribution in [3.63, 3.8) is 0 Å². The van der Waals surface area contributed by atoms with Crippen LogP contribution in [0.3, 0.4) is 0 Å². The predicted molar refractivity (Wildman–Crippen MR) is 88.1 cm³/mol. The molecule has 0 saturated carbocycles. The van der Waals surface area contributed by atoms with E-state index in [0.717, 1.165) is 45.1 Å². The quantitative estimate of drug-likeness (QED) is 0.295. The molecule has 1 N–H and O–H groups in total. The topological polar surface area (TPSA) is 38.7 Å². The summed E-state index contributed by atoms with van der Waals surface area (Å²) in [6.45, 7) is 3.35. The highest BCUT2D eigenvalue weighted by Crippen LogP contribution is 2.08. The fourth-order valence-electron chi connectivity index (χ4n) is 2.10. The van der Waals surface area contributed by atoms with E-state index in [1.165, 1.54) is 32.1 Å². The normalized spacial score (nSPS) is 12.0. The SMILES string of the molecule is CCCC[C@@H](O)C#CCCCCCCCCCOCOC. The van der Waals surface area contributed by atoms with E-state index in [2.05, 4.69) is 18.8 Å². The van der Waals surface area contributed by atoms with Gasteiger partial charge in [-0.15, -0.1) is 5.92 Å². The maximum atomic E-state index is 9.57. The molecule has 0 unspecified atom stereocenters. The average molecular weight is 298 g/mol. The van der Waals surface area contributed by atoms with Crippen molar-refractivity contribution in [1.82, 2.24) is 0 Å². The molecule has 0 spiro atoms. The third-order valence-electron chi connectivity index (χ3n) is 3.39. The number of aliphatic hydroxyl groups is 1. The maximum Gasteiger partial charge on any atom is 0.146 e. The summed E-state index contributed by atoms with van der Waals surface area (Å²) >= 11 is 0. The standard InChI is InChI=1S/C18H34O3/c1-3-4-14-18(19)15-12-10-8-6-5-7-9-11-13-16-21-17-20-2/h18-19H,3-11,13-14,16-17H2,1-2H3/t18-/m1/s1. The lowest BCUT2D eigenvalue weighted by Crippen LogP contribution is -2.01. The first kappa shape index (κ1) is 20.4. The Hall–Kier alpha value is -0.560. The van der Waals surface area contributed by atoms with Gasteiger partial charge in [0, 0.05) is 20.1 Å². The number of unbranched alkanes of at least 4 members (excludes halogenated alkanes) is 8. The highest BCUT2D eigenvalue weighted by Gasteiger charge is 1.96. The fraction of sp³-hybridized carbons (Fsp3) is 0.889. The summed E-state index contributed by atoms with van der Waals surface area (Å²) in [4.78, 5) is 0. The number of methoxy groups -OCH3 is 1. The van der Waals surface area contributed by atoms with Gasteiger partial charge in [-0.25, -0.2) is 0 Å². The second-order valence-electron chi connectivity index (χ2n) is 5.52. The van der Waals surface area contributed by atoms with E-state index < -0.39 is 6.10 Å². The largest absolute Gasteiger partial charge is 0.380 e. The lowest BCUT2D eigenvalue weighted by atomic mass is 10.1. The molecule has 0 aromatic rings. The van der Waals surface area contributed by atoms with Gasteiger partial charge in [-0.1, -0.05) is 57.8 Å². The minimum Gasteiger partial charge on any atom is -0.380 e. The number of hydrogen-bond donors (Lipinski definition) is 1. The molecule has 3 nitrogen and oxygen atoms in total. The van der Waals surface area contributed by atoms with Crippen molar-refractivity contribution in [3.05, 3.63) is 0 Å². The van der Waals surface area contributed by atoms with E-state index in [9.17, 15) is 5.11 Å². The molecule has 124 valence electrons. The van der Waals surface area contributed by atoms with E-state index in [4.69, 9.17) is 9.47 Å². The molecule has 1 atom stereocenters. The zero-order chi connectivity index (χ0) is 15.6. The molecule has 21 heavy (non-hydrogen) atoms. The summed E-state index contributed by atoms with van der Waals surface area (Å²) in [5.41, 5.74) is 0. The smallest absolute Gasteiger partial charge is 0.146 e. The monoisotopic (exact) mass is 298 g/mol. The van der Waals surface area contributed by atoms with Crippen LogP contribution in [0.2, 0.25) is 0 Å². The molecule has 0 aliphatic heterocycles. The molecule has 0 amide bonds. The Kier molecular flexibility index (Phi) is 17.0. The summed E-state index contributed by atoms with van der Waals surface area (Å²) in [5.74, 6) is 6.03. The van der Waals surface area contributed by atoms with Gasteiger partial charge in [0.2, 0.25) is 0 Å². The molecule has 0 heterocycles. The van der Waals surface area contributed by atoms with Crippen LogP contribution in [0.15, 0.2) is 0 Å². The van der Waals surface area contributed by atoms with Gasteiger partial charge in [0.15, 0.2) is 0 Å². The molecule has 0 aliphatic carbocycles. The molecule has 0 aromatic heterocycles. The van der Waals surface area contributed by atoms with Gasteiger partial charge in [0.05, 0.1) is 0 Å². The van der Waals surface area contributed by atoms with Gasteiger partial charge in [-0.2, -0.15) is 0 Å². The Bertz CT molecular complexity index is 255. The molecule has 0 fully saturated rings. The summed E-state index contributed by atoms with van der Waals surface area (Å²) < 4.78 is 10.1. The fourth-order valence-corrected chi connectivity index (χ4v) is 2.10. The van der Waals surface area contributed by atoms with Crippen molar-refractivity contribution in [2.24, 2.45) is 0 Å². The lowest BCUT2D eigenvalue weighted by Gasteiger charge is -2.03. The van der Waals surface area contributed by atoms with E-state index >= 15 is 0 Å². The Morgan fingerprint density at radius 2 is 1.62 bits per heavy atom. The van der Waals surface area contributed by atoms with E-state index in [1.807, 2.05) is 0 Å². The first-order valence-electron chi connectivity index (χ1n) is 8.54. The van der Waals surface area contributed by atoms with Gasteiger partial charge in [-0.3, -0.25) is 0 Å². The second-order valence-corrected chi connectivity index (χ2v) is 5.52. The second kappa shape index (κ2) is 17.5. The number of ether oxygens (including phenoxy) is 2. The van der Waals surface area contributed by atoms with Crippen molar-refractivity contribution in [2.45, 2.75) is 83.7 Å². The van der Waals surface area contributed by atoms with Gasteiger partial charge in [0.25, 0.3) is 0 Å². The van der Waals surface area contributed by atoms with Crippen LogP contribution < -0.4 is 0 Å². The Morgan fingerprint density at radius 1 is 0.952 bits per heavy atom. The van der Waals surface area contributed by atoms with Gasteiger partial charge in [0.1, 0.15) is 12.9 Å².